The van der Waals surface area contributed by atoms with Crippen molar-refractivity contribution < 1.29 is 9.18 Å². The van der Waals surface area contributed by atoms with Gasteiger partial charge >= 0.3 is 0 Å². The van der Waals surface area contributed by atoms with Crippen molar-refractivity contribution in [2.24, 2.45) is 0 Å². The van der Waals surface area contributed by atoms with Crippen molar-refractivity contribution in [3.8, 4) is 0 Å². The summed E-state index contributed by atoms with van der Waals surface area (Å²) < 4.78 is 15.0. The number of aromatic nitrogens is 3. The van der Waals surface area contributed by atoms with Crippen LogP contribution >= 0.6 is 0 Å². The topological polar surface area (TPSA) is 47.8 Å². The Hall–Kier alpha value is -2.04. The molecular formula is C12H12FN3O. The minimum atomic E-state index is -0.610. The van der Waals surface area contributed by atoms with Crippen LogP contribution in [-0.4, -0.2) is 20.5 Å². The van der Waals surface area contributed by atoms with Crippen molar-refractivity contribution in [2.45, 2.75) is 19.9 Å². The molecule has 0 aliphatic carbocycles. The van der Waals surface area contributed by atoms with E-state index in [0.29, 0.717) is 5.56 Å². The summed E-state index contributed by atoms with van der Waals surface area (Å²) in [6.45, 7) is 2.75. The standard InChI is InChI=1S/C12H12FN3O/c1-2-6-16-8-9(7-15-16)12(17)11-10(13)4-3-5-14-11/h3-5,7-8H,2,6H2,1H3. The number of halogens is 1. The van der Waals surface area contributed by atoms with Gasteiger partial charge in [-0.05, 0) is 18.6 Å². The summed E-state index contributed by atoms with van der Waals surface area (Å²) in [6.07, 6.45) is 5.37. The molecule has 2 aromatic heterocycles. The van der Waals surface area contributed by atoms with Crippen molar-refractivity contribution in [2.75, 3.05) is 0 Å². The van der Waals surface area contributed by atoms with Crippen molar-refractivity contribution in [3.63, 3.8) is 0 Å². The number of hydrogen-bond donors (Lipinski definition) is 0. The zero-order valence-corrected chi connectivity index (χ0v) is 9.43. The Morgan fingerprint density at radius 2 is 2.35 bits per heavy atom. The summed E-state index contributed by atoms with van der Waals surface area (Å²) in [6, 6.07) is 2.67. The van der Waals surface area contributed by atoms with Gasteiger partial charge in [0.15, 0.2) is 5.82 Å². The highest BCUT2D eigenvalue weighted by Crippen LogP contribution is 2.10. The molecule has 0 atom stereocenters. The SMILES string of the molecule is CCCn1cc(C(=O)c2ncccc2F)cn1. The van der Waals surface area contributed by atoms with E-state index >= 15 is 0 Å². The molecule has 0 spiro atoms. The second kappa shape index (κ2) is 4.86. The van der Waals surface area contributed by atoms with Crippen LogP contribution < -0.4 is 0 Å². The second-order valence-corrected chi connectivity index (χ2v) is 3.66. The maximum Gasteiger partial charge on any atom is 0.217 e. The molecule has 0 fully saturated rings. The Bertz CT molecular complexity index is 536. The minimum Gasteiger partial charge on any atom is -0.287 e. The minimum absolute atomic E-state index is 0.163. The Morgan fingerprint density at radius 3 is 3.06 bits per heavy atom. The van der Waals surface area contributed by atoms with Gasteiger partial charge in [0.05, 0.1) is 11.8 Å². The lowest BCUT2D eigenvalue weighted by Crippen LogP contribution is -2.06. The normalized spacial score (nSPS) is 10.5. The molecule has 0 aliphatic heterocycles. The quantitative estimate of drug-likeness (QED) is 0.759. The number of hydrogen-bond acceptors (Lipinski definition) is 3. The van der Waals surface area contributed by atoms with E-state index < -0.39 is 11.6 Å². The van der Waals surface area contributed by atoms with E-state index in [4.69, 9.17) is 0 Å². The van der Waals surface area contributed by atoms with Gasteiger partial charge in [0.25, 0.3) is 0 Å². The zero-order chi connectivity index (χ0) is 12.3. The maximum absolute atomic E-state index is 13.4. The number of pyridine rings is 1. The number of ketones is 1. The first-order chi connectivity index (χ1) is 8.22. The second-order valence-electron chi connectivity index (χ2n) is 3.66. The van der Waals surface area contributed by atoms with Gasteiger partial charge in [0.2, 0.25) is 5.78 Å². The van der Waals surface area contributed by atoms with Gasteiger partial charge in [-0.2, -0.15) is 5.10 Å². The largest absolute Gasteiger partial charge is 0.287 e. The number of aryl methyl sites for hydroxylation is 1. The molecule has 2 aromatic rings. The molecule has 88 valence electrons. The van der Waals surface area contributed by atoms with Crippen molar-refractivity contribution >= 4 is 5.78 Å². The first-order valence-corrected chi connectivity index (χ1v) is 5.40. The summed E-state index contributed by atoms with van der Waals surface area (Å²) in [5.74, 6) is -1.05. The van der Waals surface area contributed by atoms with Gasteiger partial charge in [0.1, 0.15) is 5.69 Å². The number of rotatable bonds is 4. The first kappa shape index (κ1) is 11.4. The number of carbonyl (C=O) groups excluding carboxylic acids is 1. The maximum atomic E-state index is 13.4. The Morgan fingerprint density at radius 1 is 1.53 bits per heavy atom. The summed E-state index contributed by atoms with van der Waals surface area (Å²) in [5.41, 5.74) is 0.194. The molecule has 2 heterocycles. The number of nitrogens with zero attached hydrogens (tertiary/aromatic N) is 3. The van der Waals surface area contributed by atoms with Gasteiger partial charge in [-0.25, -0.2) is 9.37 Å². The lowest BCUT2D eigenvalue weighted by atomic mass is 10.1. The lowest BCUT2D eigenvalue weighted by molar-refractivity contribution is 0.103. The van der Waals surface area contributed by atoms with Crippen molar-refractivity contribution in [1.29, 1.82) is 0 Å². The Balaban J connectivity index is 2.28. The molecule has 0 saturated carbocycles. The molecule has 0 bridgehead atoms. The van der Waals surface area contributed by atoms with Crippen LogP contribution in [0.25, 0.3) is 0 Å². The third-order valence-corrected chi connectivity index (χ3v) is 2.32. The smallest absolute Gasteiger partial charge is 0.217 e. The molecule has 0 aliphatic rings. The van der Waals surface area contributed by atoms with Crippen LogP contribution in [-0.2, 0) is 6.54 Å². The van der Waals surface area contributed by atoms with Crippen LogP contribution in [0.3, 0.4) is 0 Å². The summed E-state index contributed by atoms with van der Waals surface area (Å²) >= 11 is 0. The molecule has 0 amide bonds. The predicted molar refractivity (Wildman–Crippen MR) is 60.1 cm³/mol. The number of carbonyl (C=O) groups is 1. The van der Waals surface area contributed by atoms with Crippen molar-refractivity contribution in [1.82, 2.24) is 14.8 Å². The highest BCUT2D eigenvalue weighted by Gasteiger charge is 2.16. The van der Waals surface area contributed by atoms with Gasteiger partial charge in [-0.3, -0.25) is 9.48 Å². The highest BCUT2D eigenvalue weighted by atomic mass is 19.1. The third kappa shape index (κ3) is 2.38. The fraction of sp³-hybridized carbons (Fsp3) is 0.250. The molecule has 0 aromatic carbocycles. The molecule has 17 heavy (non-hydrogen) atoms. The summed E-state index contributed by atoms with van der Waals surface area (Å²) in [5, 5.41) is 4.03. The van der Waals surface area contributed by atoms with E-state index in [9.17, 15) is 9.18 Å². The fourth-order valence-electron chi connectivity index (χ4n) is 1.52. The molecule has 2 rings (SSSR count). The van der Waals surface area contributed by atoms with E-state index in [2.05, 4.69) is 10.1 Å². The molecule has 0 N–H and O–H groups in total. The highest BCUT2D eigenvalue weighted by molar-refractivity contribution is 6.07. The average molecular weight is 233 g/mol. The van der Waals surface area contributed by atoms with Crippen LogP contribution in [0.4, 0.5) is 4.39 Å². The van der Waals surface area contributed by atoms with Crippen LogP contribution in [0.5, 0.6) is 0 Å². The van der Waals surface area contributed by atoms with E-state index in [1.807, 2.05) is 6.92 Å². The van der Waals surface area contributed by atoms with E-state index in [-0.39, 0.29) is 5.69 Å². The van der Waals surface area contributed by atoms with E-state index in [0.717, 1.165) is 13.0 Å². The molecule has 0 unspecified atom stereocenters. The Kier molecular flexibility index (Phi) is 3.27. The monoisotopic (exact) mass is 233 g/mol. The molecular weight excluding hydrogens is 221 g/mol. The van der Waals surface area contributed by atoms with Gasteiger partial charge in [-0.15, -0.1) is 0 Å². The third-order valence-electron chi connectivity index (χ3n) is 2.32. The van der Waals surface area contributed by atoms with Gasteiger partial charge in [0, 0.05) is 18.9 Å². The van der Waals surface area contributed by atoms with Gasteiger partial charge in [-0.1, -0.05) is 6.92 Å². The zero-order valence-electron chi connectivity index (χ0n) is 9.43. The summed E-state index contributed by atoms with van der Waals surface area (Å²) in [7, 11) is 0. The molecule has 5 heteroatoms. The summed E-state index contributed by atoms with van der Waals surface area (Å²) in [4.78, 5) is 15.7. The van der Waals surface area contributed by atoms with E-state index in [1.165, 1.54) is 24.5 Å². The lowest BCUT2D eigenvalue weighted by Gasteiger charge is -1.98. The Labute approximate surface area is 98.1 Å². The molecule has 0 radical (unpaired) electrons. The first-order valence-electron chi connectivity index (χ1n) is 5.40. The average Bonchev–Trinajstić information content (AvgIpc) is 2.78. The fourth-order valence-corrected chi connectivity index (χ4v) is 1.52. The van der Waals surface area contributed by atoms with Crippen LogP contribution in [0.15, 0.2) is 30.7 Å². The van der Waals surface area contributed by atoms with Crippen LogP contribution in [0.2, 0.25) is 0 Å². The molecule has 0 saturated heterocycles. The van der Waals surface area contributed by atoms with Crippen molar-refractivity contribution in [3.05, 3.63) is 47.8 Å². The molecule has 4 nitrogen and oxygen atoms in total. The van der Waals surface area contributed by atoms with Crippen LogP contribution in [0.1, 0.15) is 29.4 Å². The van der Waals surface area contributed by atoms with E-state index in [1.54, 1.807) is 10.9 Å². The van der Waals surface area contributed by atoms with Crippen LogP contribution in [0, 0.1) is 5.82 Å². The van der Waals surface area contributed by atoms with Gasteiger partial charge < -0.3 is 0 Å². The predicted octanol–water partition coefficient (Wildman–Crippen LogP) is 2.06.